The van der Waals surface area contributed by atoms with Gasteiger partial charge in [0.1, 0.15) is 0 Å². The van der Waals surface area contributed by atoms with Crippen molar-refractivity contribution in [2.24, 2.45) is 0 Å². The van der Waals surface area contributed by atoms with Gasteiger partial charge in [-0.2, -0.15) is 0 Å². The quantitative estimate of drug-likeness (QED) is 0.561. The molecule has 0 amide bonds. The van der Waals surface area contributed by atoms with Gasteiger partial charge in [-0.15, -0.1) is 0 Å². The molecule has 2 aromatic heterocycles. The lowest BCUT2D eigenvalue weighted by molar-refractivity contribution is 0.203. The molecule has 3 heterocycles. The highest BCUT2D eigenvalue weighted by Crippen LogP contribution is 2.37. The van der Waals surface area contributed by atoms with Gasteiger partial charge in [0.05, 0.1) is 11.7 Å². The number of aromatic amines is 1. The summed E-state index contributed by atoms with van der Waals surface area (Å²) in [6.45, 7) is 4.18. The standard InChI is InChI=1S/C24H23N3/c1-17-23(20-10-4-5-11-21(20)26-17)24(22-12-6-7-14-25-22)27-15-13-18-8-2-3-9-19(18)16-27/h2-12,14,24,26H,13,15-16H2,1H3. The van der Waals surface area contributed by atoms with Gasteiger partial charge in [0.2, 0.25) is 0 Å². The third-order valence-electron chi connectivity index (χ3n) is 5.71. The number of rotatable bonds is 3. The average Bonchev–Trinajstić information content (AvgIpc) is 3.05. The molecule has 134 valence electrons. The number of aromatic nitrogens is 2. The summed E-state index contributed by atoms with van der Waals surface area (Å²) in [6, 6.07) is 23.8. The third kappa shape index (κ3) is 2.84. The molecule has 3 heteroatoms. The minimum Gasteiger partial charge on any atom is -0.358 e. The van der Waals surface area contributed by atoms with Crippen LogP contribution < -0.4 is 0 Å². The molecule has 0 bridgehead atoms. The van der Waals surface area contributed by atoms with Crippen LogP contribution in [0.2, 0.25) is 0 Å². The smallest absolute Gasteiger partial charge is 0.0802 e. The molecule has 0 fully saturated rings. The molecule has 1 atom stereocenters. The minimum atomic E-state index is 0.149. The Hall–Kier alpha value is -2.91. The van der Waals surface area contributed by atoms with E-state index in [-0.39, 0.29) is 6.04 Å². The first-order valence-corrected chi connectivity index (χ1v) is 9.60. The Labute approximate surface area is 159 Å². The summed E-state index contributed by atoms with van der Waals surface area (Å²) in [5.74, 6) is 0. The molecule has 5 rings (SSSR count). The lowest BCUT2D eigenvalue weighted by Gasteiger charge is -2.35. The first kappa shape index (κ1) is 16.3. The van der Waals surface area contributed by atoms with Gasteiger partial charge in [0, 0.05) is 41.4 Å². The maximum atomic E-state index is 4.76. The second-order valence-electron chi connectivity index (χ2n) is 7.36. The van der Waals surface area contributed by atoms with Crippen LogP contribution in [-0.2, 0) is 13.0 Å². The molecule has 4 aromatic rings. The summed E-state index contributed by atoms with van der Waals surface area (Å²) in [6.07, 6.45) is 2.99. The number of para-hydroxylation sites is 1. The van der Waals surface area contributed by atoms with Gasteiger partial charge in [-0.25, -0.2) is 0 Å². The Morgan fingerprint density at radius 2 is 1.70 bits per heavy atom. The van der Waals surface area contributed by atoms with E-state index in [2.05, 4.69) is 77.5 Å². The van der Waals surface area contributed by atoms with Crippen LogP contribution in [0.1, 0.15) is 34.1 Å². The van der Waals surface area contributed by atoms with E-state index in [4.69, 9.17) is 4.98 Å². The number of benzene rings is 2. The molecule has 27 heavy (non-hydrogen) atoms. The predicted molar refractivity (Wildman–Crippen MR) is 110 cm³/mol. The van der Waals surface area contributed by atoms with Crippen LogP contribution >= 0.6 is 0 Å². The van der Waals surface area contributed by atoms with Crippen LogP contribution in [0, 0.1) is 6.92 Å². The molecule has 1 unspecified atom stereocenters. The van der Waals surface area contributed by atoms with Crippen molar-refractivity contribution in [3.05, 3.63) is 101 Å². The third-order valence-corrected chi connectivity index (χ3v) is 5.71. The molecule has 0 radical (unpaired) electrons. The van der Waals surface area contributed by atoms with Crippen LogP contribution in [0.3, 0.4) is 0 Å². The average molecular weight is 353 g/mol. The minimum absolute atomic E-state index is 0.149. The number of H-pyrrole nitrogens is 1. The SMILES string of the molecule is Cc1[nH]c2ccccc2c1C(c1ccccn1)N1CCc2ccccc2C1. The molecule has 0 spiro atoms. The van der Waals surface area contributed by atoms with E-state index in [0.29, 0.717) is 0 Å². The molecule has 1 aliphatic rings. The topological polar surface area (TPSA) is 31.9 Å². The summed E-state index contributed by atoms with van der Waals surface area (Å²) >= 11 is 0. The van der Waals surface area contributed by atoms with E-state index in [1.54, 1.807) is 0 Å². The van der Waals surface area contributed by atoms with E-state index >= 15 is 0 Å². The highest BCUT2D eigenvalue weighted by Gasteiger charge is 2.30. The van der Waals surface area contributed by atoms with Gasteiger partial charge >= 0.3 is 0 Å². The van der Waals surface area contributed by atoms with Crippen LogP contribution in [-0.4, -0.2) is 21.4 Å². The van der Waals surface area contributed by atoms with Gasteiger partial charge in [0.15, 0.2) is 0 Å². The molecule has 2 aromatic carbocycles. The van der Waals surface area contributed by atoms with Crippen molar-refractivity contribution < 1.29 is 0 Å². The molecule has 1 N–H and O–H groups in total. The Morgan fingerprint density at radius 3 is 2.56 bits per heavy atom. The van der Waals surface area contributed by atoms with Crippen molar-refractivity contribution in [2.75, 3.05) is 6.54 Å². The Balaban J connectivity index is 1.66. The van der Waals surface area contributed by atoms with Crippen molar-refractivity contribution in [1.29, 1.82) is 0 Å². The Kier molecular flexibility index (Phi) is 4.02. The monoisotopic (exact) mass is 353 g/mol. The summed E-state index contributed by atoms with van der Waals surface area (Å²) in [5, 5.41) is 1.30. The van der Waals surface area contributed by atoms with E-state index in [0.717, 1.165) is 25.2 Å². The molecule has 0 saturated carbocycles. The van der Waals surface area contributed by atoms with Crippen LogP contribution in [0.4, 0.5) is 0 Å². The van der Waals surface area contributed by atoms with Crippen molar-refractivity contribution >= 4 is 10.9 Å². The number of hydrogen-bond acceptors (Lipinski definition) is 2. The van der Waals surface area contributed by atoms with Crippen molar-refractivity contribution in [3.8, 4) is 0 Å². The first-order chi connectivity index (χ1) is 13.3. The van der Waals surface area contributed by atoms with E-state index in [1.165, 1.54) is 33.3 Å². The van der Waals surface area contributed by atoms with Gasteiger partial charge in [-0.1, -0.05) is 48.5 Å². The molecule has 0 aliphatic carbocycles. The maximum absolute atomic E-state index is 4.76. The zero-order valence-corrected chi connectivity index (χ0v) is 15.5. The van der Waals surface area contributed by atoms with Crippen LogP contribution in [0.5, 0.6) is 0 Å². The lowest BCUT2D eigenvalue weighted by atomic mass is 9.93. The fraction of sp³-hybridized carbons (Fsp3) is 0.208. The van der Waals surface area contributed by atoms with Gasteiger partial charge in [-0.05, 0) is 42.7 Å². The summed E-state index contributed by atoms with van der Waals surface area (Å²) in [5.41, 5.74) is 7.80. The molecular formula is C24H23N3. The fourth-order valence-corrected chi connectivity index (χ4v) is 4.44. The fourth-order valence-electron chi connectivity index (χ4n) is 4.44. The van der Waals surface area contributed by atoms with Crippen molar-refractivity contribution in [2.45, 2.75) is 25.9 Å². The largest absolute Gasteiger partial charge is 0.358 e. The van der Waals surface area contributed by atoms with Crippen LogP contribution in [0.15, 0.2) is 72.9 Å². The van der Waals surface area contributed by atoms with Gasteiger partial charge in [-0.3, -0.25) is 9.88 Å². The summed E-state index contributed by atoms with van der Waals surface area (Å²) < 4.78 is 0. The highest BCUT2D eigenvalue weighted by atomic mass is 15.2. The van der Waals surface area contributed by atoms with Gasteiger partial charge in [0.25, 0.3) is 0 Å². The molecule has 0 saturated heterocycles. The Morgan fingerprint density at radius 1 is 0.926 bits per heavy atom. The van der Waals surface area contributed by atoms with E-state index in [1.807, 2.05) is 12.3 Å². The zero-order valence-electron chi connectivity index (χ0n) is 15.5. The number of pyridine rings is 1. The van der Waals surface area contributed by atoms with E-state index in [9.17, 15) is 0 Å². The molecular weight excluding hydrogens is 330 g/mol. The number of nitrogens with one attached hydrogen (secondary N) is 1. The predicted octanol–water partition coefficient (Wildman–Crippen LogP) is 5.02. The zero-order chi connectivity index (χ0) is 18.2. The number of nitrogens with zero attached hydrogens (tertiary/aromatic N) is 2. The van der Waals surface area contributed by atoms with Crippen molar-refractivity contribution in [3.63, 3.8) is 0 Å². The number of aryl methyl sites for hydroxylation is 1. The second-order valence-corrected chi connectivity index (χ2v) is 7.36. The number of hydrogen-bond donors (Lipinski definition) is 1. The molecule has 3 nitrogen and oxygen atoms in total. The Bertz CT molecular complexity index is 1080. The molecule has 1 aliphatic heterocycles. The lowest BCUT2D eigenvalue weighted by Crippen LogP contribution is -2.35. The van der Waals surface area contributed by atoms with E-state index < -0.39 is 0 Å². The summed E-state index contributed by atoms with van der Waals surface area (Å²) in [7, 11) is 0. The first-order valence-electron chi connectivity index (χ1n) is 9.60. The second kappa shape index (κ2) is 6.67. The summed E-state index contributed by atoms with van der Waals surface area (Å²) in [4.78, 5) is 10.9. The maximum Gasteiger partial charge on any atom is 0.0802 e. The van der Waals surface area contributed by atoms with Crippen LogP contribution in [0.25, 0.3) is 10.9 Å². The number of fused-ring (bicyclic) bond motifs is 2. The van der Waals surface area contributed by atoms with Crippen molar-refractivity contribution in [1.82, 2.24) is 14.9 Å². The van der Waals surface area contributed by atoms with Gasteiger partial charge < -0.3 is 4.98 Å². The highest BCUT2D eigenvalue weighted by molar-refractivity contribution is 5.85. The normalized spacial score (nSPS) is 15.6.